The van der Waals surface area contributed by atoms with Gasteiger partial charge in [0.15, 0.2) is 6.61 Å². The summed E-state index contributed by atoms with van der Waals surface area (Å²) in [6.07, 6.45) is 1.94. The lowest BCUT2D eigenvalue weighted by atomic mass is 10.2. The molecule has 0 unspecified atom stereocenters. The van der Waals surface area contributed by atoms with Crippen molar-refractivity contribution in [2.24, 2.45) is 0 Å². The summed E-state index contributed by atoms with van der Waals surface area (Å²) in [4.78, 5) is 11.4. The van der Waals surface area contributed by atoms with Gasteiger partial charge in [-0.1, -0.05) is 24.6 Å². The van der Waals surface area contributed by atoms with Crippen LogP contribution in [0.5, 0.6) is 5.75 Å². The van der Waals surface area contributed by atoms with Crippen molar-refractivity contribution >= 4 is 5.97 Å². The van der Waals surface area contributed by atoms with Gasteiger partial charge in [-0.05, 0) is 45.0 Å². The van der Waals surface area contributed by atoms with E-state index in [0.717, 1.165) is 31.5 Å². The van der Waals surface area contributed by atoms with E-state index in [-0.39, 0.29) is 12.6 Å². The smallest absolute Gasteiger partial charge is 0.344 e. The quantitative estimate of drug-likeness (QED) is 0.550. The second kappa shape index (κ2) is 9.39. The zero-order valence-corrected chi connectivity index (χ0v) is 11.8. The Hall–Kier alpha value is -1.55. The molecule has 0 atom stereocenters. The fourth-order valence-electron chi connectivity index (χ4n) is 1.50. The van der Waals surface area contributed by atoms with E-state index in [2.05, 4.69) is 12.2 Å². The number of ether oxygens (including phenoxy) is 2. The third-order valence-electron chi connectivity index (χ3n) is 2.57. The number of rotatable bonds is 9. The molecule has 0 aliphatic carbocycles. The predicted octanol–water partition coefficient (Wildman–Crippen LogP) is 2.31. The largest absolute Gasteiger partial charge is 0.482 e. The molecule has 1 rings (SSSR count). The first kappa shape index (κ1) is 15.5. The zero-order chi connectivity index (χ0) is 13.9. The van der Waals surface area contributed by atoms with Crippen molar-refractivity contribution in [3.63, 3.8) is 0 Å². The van der Waals surface area contributed by atoms with Crippen LogP contribution in [0.25, 0.3) is 0 Å². The minimum Gasteiger partial charge on any atom is -0.482 e. The third-order valence-corrected chi connectivity index (χ3v) is 2.57. The fraction of sp³-hybridized carbons (Fsp3) is 0.533. The highest BCUT2D eigenvalue weighted by Gasteiger charge is 2.03. The van der Waals surface area contributed by atoms with Gasteiger partial charge in [-0.25, -0.2) is 4.79 Å². The summed E-state index contributed by atoms with van der Waals surface area (Å²) < 4.78 is 10.4. The standard InChI is InChI=1S/C15H23NO3/c1-3-9-16-10-4-11-18-15(17)12-19-14-7-5-13(2)6-8-14/h5-8,16H,3-4,9-12H2,1-2H3. The van der Waals surface area contributed by atoms with E-state index in [1.165, 1.54) is 0 Å². The van der Waals surface area contributed by atoms with Crippen molar-refractivity contribution in [1.29, 1.82) is 0 Å². The first-order chi connectivity index (χ1) is 9.22. The maximum atomic E-state index is 11.4. The van der Waals surface area contributed by atoms with Gasteiger partial charge >= 0.3 is 5.97 Å². The Morgan fingerprint density at radius 1 is 1.21 bits per heavy atom. The van der Waals surface area contributed by atoms with Crippen molar-refractivity contribution in [1.82, 2.24) is 5.32 Å². The van der Waals surface area contributed by atoms with Gasteiger partial charge < -0.3 is 14.8 Å². The van der Waals surface area contributed by atoms with E-state index in [0.29, 0.717) is 12.4 Å². The van der Waals surface area contributed by atoms with Gasteiger partial charge in [0, 0.05) is 0 Å². The lowest BCUT2D eigenvalue weighted by Gasteiger charge is -2.07. The summed E-state index contributed by atoms with van der Waals surface area (Å²) in [6, 6.07) is 7.58. The number of carbonyl (C=O) groups is 1. The van der Waals surface area contributed by atoms with E-state index >= 15 is 0 Å². The van der Waals surface area contributed by atoms with Crippen molar-refractivity contribution in [2.45, 2.75) is 26.7 Å². The minimum absolute atomic E-state index is 0.0363. The Kier molecular flexibility index (Phi) is 7.66. The molecular formula is C15H23NO3. The van der Waals surface area contributed by atoms with Crippen LogP contribution in [0.2, 0.25) is 0 Å². The average Bonchev–Trinajstić information content (AvgIpc) is 2.42. The Labute approximate surface area is 115 Å². The second-order valence-corrected chi connectivity index (χ2v) is 4.43. The van der Waals surface area contributed by atoms with Crippen molar-refractivity contribution in [3.8, 4) is 5.75 Å². The molecular weight excluding hydrogens is 242 g/mol. The van der Waals surface area contributed by atoms with Gasteiger partial charge in [0.2, 0.25) is 0 Å². The molecule has 1 aromatic rings. The monoisotopic (exact) mass is 265 g/mol. The van der Waals surface area contributed by atoms with Crippen LogP contribution < -0.4 is 10.1 Å². The van der Waals surface area contributed by atoms with Crippen LogP contribution in [0.3, 0.4) is 0 Å². The van der Waals surface area contributed by atoms with Crippen LogP contribution in [0.1, 0.15) is 25.3 Å². The first-order valence-electron chi connectivity index (χ1n) is 6.78. The Bertz CT molecular complexity index is 362. The maximum Gasteiger partial charge on any atom is 0.344 e. The normalized spacial score (nSPS) is 10.2. The Balaban J connectivity index is 2.06. The fourth-order valence-corrected chi connectivity index (χ4v) is 1.50. The molecule has 0 fully saturated rings. The number of nitrogens with one attached hydrogen (secondary N) is 1. The predicted molar refractivity (Wildman–Crippen MR) is 75.4 cm³/mol. The summed E-state index contributed by atoms with van der Waals surface area (Å²) in [5.74, 6) is 0.364. The maximum absolute atomic E-state index is 11.4. The van der Waals surface area contributed by atoms with Crippen LogP contribution in [-0.2, 0) is 9.53 Å². The molecule has 4 nitrogen and oxygen atoms in total. The molecule has 0 aliphatic heterocycles. The van der Waals surface area contributed by atoms with Crippen LogP contribution in [-0.4, -0.2) is 32.3 Å². The van der Waals surface area contributed by atoms with E-state index in [1.807, 2.05) is 31.2 Å². The lowest BCUT2D eigenvalue weighted by Crippen LogP contribution is -2.20. The molecule has 0 aromatic heterocycles. The van der Waals surface area contributed by atoms with Crippen LogP contribution in [0.4, 0.5) is 0 Å². The van der Waals surface area contributed by atoms with Gasteiger partial charge in [0.05, 0.1) is 6.61 Å². The highest BCUT2D eigenvalue weighted by molar-refractivity contribution is 5.71. The Morgan fingerprint density at radius 2 is 1.95 bits per heavy atom. The van der Waals surface area contributed by atoms with Gasteiger partial charge in [0.25, 0.3) is 0 Å². The number of esters is 1. The Morgan fingerprint density at radius 3 is 2.63 bits per heavy atom. The van der Waals surface area contributed by atoms with Crippen LogP contribution >= 0.6 is 0 Å². The average molecular weight is 265 g/mol. The molecule has 0 spiro atoms. The van der Waals surface area contributed by atoms with E-state index in [9.17, 15) is 4.79 Å². The zero-order valence-electron chi connectivity index (χ0n) is 11.8. The number of carbonyl (C=O) groups excluding carboxylic acids is 1. The van der Waals surface area contributed by atoms with Crippen molar-refractivity contribution in [3.05, 3.63) is 29.8 Å². The van der Waals surface area contributed by atoms with Crippen molar-refractivity contribution < 1.29 is 14.3 Å². The van der Waals surface area contributed by atoms with Gasteiger partial charge in [-0.3, -0.25) is 0 Å². The van der Waals surface area contributed by atoms with Gasteiger partial charge in [-0.2, -0.15) is 0 Å². The number of hydrogen-bond donors (Lipinski definition) is 1. The van der Waals surface area contributed by atoms with Crippen LogP contribution in [0.15, 0.2) is 24.3 Å². The highest BCUT2D eigenvalue weighted by Crippen LogP contribution is 2.11. The van der Waals surface area contributed by atoms with Crippen molar-refractivity contribution in [2.75, 3.05) is 26.3 Å². The van der Waals surface area contributed by atoms with E-state index in [4.69, 9.17) is 9.47 Å². The molecule has 0 amide bonds. The molecule has 0 saturated heterocycles. The molecule has 0 bridgehead atoms. The highest BCUT2D eigenvalue weighted by atomic mass is 16.6. The number of hydrogen-bond acceptors (Lipinski definition) is 4. The first-order valence-corrected chi connectivity index (χ1v) is 6.78. The molecule has 4 heteroatoms. The molecule has 106 valence electrons. The number of benzene rings is 1. The number of aryl methyl sites for hydroxylation is 1. The molecule has 0 radical (unpaired) electrons. The second-order valence-electron chi connectivity index (χ2n) is 4.43. The SMILES string of the molecule is CCCNCCCOC(=O)COc1ccc(C)cc1. The molecule has 19 heavy (non-hydrogen) atoms. The summed E-state index contributed by atoms with van der Waals surface area (Å²) >= 11 is 0. The molecule has 0 saturated carbocycles. The molecule has 1 N–H and O–H groups in total. The van der Waals surface area contributed by atoms with E-state index in [1.54, 1.807) is 0 Å². The van der Waals surface area contributed by atoms with Gasteiger partial charge in [0.1, 0.15) is 5.75 Å². The third kappa shape index (κ3) is 7.47. The summed E-state index contributed by atoms with van der Waals surface area (Å²) in [5, 5.41) is 3.25. The topological polar surface area (TPSA) is 47.6 Å². The summed E-state index contributed by atoms with van der Waals surface area (Å²) in [6.45, 7) is 6.41. The van der Waals surface area contributed by atoms with Crippen LogP contribution in [0, 0.1) is 6.92 Å². The summed E-state index contributed by atoms with van der Waals surface area (Å²) in [5.41, 5.74) is 1.16. The lowest BCUT2D eigenvalue weighted by molar-refractivity contribution is -0.146. The summed E-state index contributed by atoms with van der Waals surface area (Å²) in [7, 11) is 0. The molecule has 1 aromatic carbocycles. The van der Waals surface area contributed by atoms with Gasteiger partial charge in [-0.15, -0.1) is 0 Å². The van der Waals surface area contributed by atoms with E-state index < -0.39 is 0 Å². The minimum atomic E-state index is -0.323. The molecule has 0 heterocycles. The molecule has 0 aliphatic rings.